The van der Waals surface area contributed by atoms with Gasteiger partial charge in [0.15, 0.2) is 23.1 Å². The normalized spacial score (nSPS) is 10.9. The molecule has 0 atom stereocenters. The average Bonchev–Trinajstić information content (AvgIpc) is 2.35. The topological polar surface area (TPSA) is 79.5 Å². The lowest BCUT2D eigenvalue weighted by Gasteiger charge is -2.14. The molecule has 0 amide bonds. The molecule has 2 rings (SSSR count). The number of nitrogens with zero attached hydrogens (tertiary/aromatic N) is 1. The Bertz CT molecular complexity index is 752. The van der Waals surface area contributed by atoms with Gasteiger partial charge in [0.25, 0.3) is 0 Å². The predicted molar refractivity (Wildman–Crippen MR) is 62.4 cm³/mol. The van der Waals surface area contributed by atoms with Gasteiger partial charge in [-0.05, 0) is 13.0 Å². The number of halogens is 2. The van der Waals surface area contributed by atoms with Gasteiger partial charge in [0.05, 0.1) is 10.9 Å². The van der Waals surface area contributed by atoms with Crippen molar-refractivity contribution >= 4 is 16.9 Å². The van der Waals surface area contributed by atoms with Crippen LogP contribution in [0.1, 0.15) is 17.4 Å². The molecule has 0 aliphatic heterocycles. The number of carboxylic acids is 1. The summed E-state index contributed by atoms with van der Waals surface area (Å²) < 4.78 is 27.4. The zero-order valence-electron chi connectivity index (χ0n) is 9.78. The minimum atomic E-state index is -1.52. The summed E-state index contributed by atoms with van der Waals surface area (Å²) in [6.45, 7) is 1.62. The third kappa shape index (κ3) is 1.83. The van der Waals surface area contributed by atoms with E-state index in [0.717, 1.165) is 10.6 Å². The number of carbonyl (C=O) groups is 1. The van der Waals surface area contributed by atoms with Crippen molar-refractivity contribution in [1.82, 2.24) is 4.57 Å². The molecular formula is C12H9F2NO4. The maximum atomic E-state index is 13.2. The molecule has 0 aliphatic rings. The van der Waals surface area contributed by atoms with Crippen molar-refractivity contribution < 1.29 is 23.8 Å². The second-order valence-corrected chi connectivity index (χ2v) is 3.86. The summed E-state index contributed by atoms with van der Waals surface area (Å²) in [6, 6.07) is 1.38. The van der Waals surface area contributed by atoms with Crippen molar-refractivity contribution in [3.63, 3.8) is 0 Å². The van der Waals surface area contributed by atoms with Crippen molar-refractivity contribution in [2.24, 2.45) is 0 Å². The van der Waals surface area contributed by atoms with E-state index in [1.54, 1.807) is 6.92 Å². The van der Waals surface area contributed by atoms with Crippen LogP contribution in [0.15, 0.2) is 16.9 Å². The maximum absolute atomic E-state index is 13.2. The largest absolute Gasteiger partial charge is 0.502 e. The van der Waals surface area contributed by atoms with E-state index in [1.807, 2.05) is 0 Å². The fraction of sp³-hybridized carbons (Fsp3) is 0.167. The Morgan fingerprint density at radius 3 is 2.42 bits per heavy atom. The molecule has 0 saturated heterocycles. The van der Waals surface area contributed by atoms with Crippen LogP contribution in [0.2, 0.25) is 0 Å². The molecule has 1 aromatic carbocycles. The summed E-state index contributed by atoms with van der Waals surface area (Å²) in [5.41, 5.74) is -1.77. The molecule has 7 heteroatoms. The van der Waals surface area contributed by atoms with Gasteiger partial charge in [-0.2, -0.15) is 0 Å². The number of rotatable bonds is 2. The summed E-state index contributed by atoms with van der Waals surface area (Å²) in [4.78, 5) is 22.8. The number of aryl methyl sites for hydroxylation is 1. The average molecular weight is 269 g/mol. The number of benzene rings is 1. The van der Waals surface area contributed by atoms with Gasteiger partial charge >= 0.3 is 5.97 Å². The van der Waals surface area contributed by atoms with Crippen LogP contribution >= 0.6 is 0 Å². The highest BCUT2D eigenvalue weighted by atomic mass is 19.2. The Morgan fingerprint density at radius 2 is 1.89 bits per heavy atom. The molecule has 0 bridgehead atoms. The number of hydrogen-bond donors (Lipinski definition) is 2. The van der Waals surface area contributed by atoms with Crippen molar-refractivity contribution in [1.29, 1.82) is 0 Å². The lowest BCUT2D eigenvalue weighted by molar-refractivity contribution is 0.0681. The highest BCUT2D eigenvalue weighted by Gasteiger charge is 2.22. The molecule has 0 unspecified atom stereocenters. The van der Waals surface area contributed by atoms with Crippen LogP contribution < -0.4 is 5.43 Å². The van der Waals surface area contributed by atoms with E-state index in [4.69, 9.17) is 5.11 Å². The standard InChI is InChI=1S/C12H9F2NO4/c1-2-15-8-4-7(14)6(13)3-5(8)10(16)11(17)9(15)12(18)19/h3-4,17H,2H2,1H3,(H,18,19). The lowest BCUT2D eigenvalue weighted by atomic mass is 10.1. The molecule has 0 radical (unpaired) electrons. The Morgan fingerprint density at radius 1 is 1.32 bits per heavy atom. The lowest BCUT2D eigenvalue weighted by Crippen LogP contribution is -2.19. The van der Waals surface area contributed by atoms with Gasteiger partial charge < -0.3 is 14.8 Å². The Balaban J connectivity index is 3.09. The predicted octanol–water partition coefficient (Wildman–Crippen LogP) is 1.70. The van der Waals surface area contributed by atoms with Crippen LogP contribution in [0.4, 0.5) is 8.78 Å². The van der Waals surface area contributed by atoms with Crippen molar-refractivity contribution in [3.05, 3.63) is 39.7 Å². The van der Waals surface area contributed by atoms with Crippen LogP contribution in [-0.2, 0) is 6.54 Å². The van der Waals surface area contributed by atoms with Crippen LogP contribution in [0, 0.1) is 11.6 Å². The zero-order chi connectivity index (χ0) is 14.3. The number of aromatic nitrogens is 1. The van der Waals surface area contributed by atoms with Gasteiger partial charge in [0, 0.05) is 12.6 Å². The van der Waals surface area contributed by atoms with Crippen LogP contribution in [0.3, 0.4) is 0 Å². The molecule has 0 fully saturated rings. The van der Waals surface area contributed by atoms with Gasteiger partial charge in [0.2, 0.25) is 5.43 Å². The fourth-order valence-electron chi connectivity index (χ4n) is 1.97. The smallest absolute Gasteiger partial charge is 0.356 e. The van der Waals surface area contributed by atoms with E-state index >= 15 is 0 Å². The number of fused-ring (bicyclic) bond motifs is 1. The second kappa shape index (κ2) is 4.34. The fourth-order valence-corrected chi connectivity index (χ4v) is 1.97. The number of hydrogen-bond acceptors (Lipinski definition) is 3. The molecule has 5 nitrogen and oxygen atoms in total. The minimum Gasteiger partial charge on any atom is -0.502 e. The monoisotopic (exact) mass is 269 g/mol. The molecule has 2 aromatic rings. The van der Waals surface area contributed by atoms with Gasteiger partial charge in [-0.3, -0.25) is 4.79 Å². The summed E-state index contributed by atoms with van der Waals surface area (Å²) >= 11 is 0. The molecular weight excluding hydrogens is 260 g/mol. The zero-order valence-corrected chi connectivity index (χ0v) is 9.78. The Labute approximate surface area is 105 Å². The quantitative estimate of drug-likeness (QED) is 0.869. The molecule has 2 N–H and O–H groups in total. The van der Waals surface area contributed by atoms with Gasteiger partial charge in [-0.15, -0.1) is 0 Å². The van der Waals surface area contributed by atoms with Gasteiger partial charge in [0.1, 0.15) is 0 Å². The summed E-state index contributed by atoms with van der Waals surface area (Å²) in [6.07, 6.45) is 0. The summed E-state index contributed by atoms with van der Waals surface area (Å²) in [7, 11) is 0. The van der Waals surface area contributed by atoms with Crippen molar-refractivity contribution in [2.75, 3.05) is 0 Å². The minimum absolute atomic E-state index is 0.0665. The van der Waals surface area contributed by atoms with Crippen LogP contribution in [-0.4, -0.2) is 20.7 Å². The second-order valence-electron chi connectivity index (χ2n) is 3.86. The first-order valence-corrected chi connectivity index (χ1v) is 5.36. The molecule has 1 aromatic heterocycles. The van der Waals surface area contributed by atoms with Crippen LogP contribution in [0.25, 0.3) is 10.9 Å². The van der Waals surface area contributed by atoms with Crippen molar-refractivity contribution in [2.45, 2.75) is 13.5 Å². The molecule has 1 heterocycles. The first kappa shape index (κ1) is 13.0. The van der Waals surface area contributed by atoms with Crippen molar-refractivity contribution in [3.8, 4) is 5.75 Å². The Hall–Kier alpha value is -2.44. The molecule has 0 aliphatic carbocycles. The number of aromatic carboxylic acids is 1. The van der Waals surface area contributed by atoms with E-state index in [-0.39, 0.29) is 17.4 Å². The SMILES string of the molecule is CCn1c(C(=O)O)c(O)c(=O)c2cc(F)c(F)cc21. The van der Waals surface area contributed by atoms with E-state index in [1.165, 1.54) is 0 Å². The van der Waals surface area contributed by atoms with E-state index < -0.39 is 34.5 Å². The van der Waals surface area contributed by atoms with Crippen LogP contribution in [0.5, 0.6) is 5.75 Å². The molecule has 0 spiro atoms. The van der Waals surface area contributed by atoms with E-state index in [0.29, 0.717) is 6.07 Å². The third-order valence-electron chi connectivity index (χ3n) is 2.80. The molecule has 100 valence electrons. The summed E-state index contributed by atoms with van der Waals surface area (Å²) in [5, 5.41) is 18.3. The Kier molecular flexibility index (Phi) is 2.97. The first-order chi connectivity index (χ1) is 8.88. The highest BCUT2D eigenvalue weighted by molar-refractivity contribution is 5.93. The third-order valence-corrected chi connectivity index (χ3v) is 2.80. The molecule has 19 heavy (non-hydrogen) atoms. The van der Waals surface area contributed by atoms with E-state index in [9.17, 15) is 23.5 Å². The maximum Gasteiger partial charge on any atom is 0.356 e. The first-order valence-electron chi connectivity index (χ1n) is 5.36. The number of pyridine rings is 1. The summed E-state index contributed by atoms with van der Waals surface area (Å²) in [5.74, 6) is -4.96. The number of aromatic hydroxyl groups is 1. The van der Waals surface area contributed by atoms with Gasteiger partial charge in [-0.1, -0.05) is 0 Å². The highest BCUT2D eigenvalue weighted by Crippen LogP contribution is 2.22. The van der Waals surface area contributed by atoms with E-state index in [2.05, 4.69) is 0 Å². The molecule has 0 saturated carbocycles. The van der Waals surface area contributed by atoms with Gasteiger partial charge in [-0.25, -0.2) is 13.6 Å². The number of carboxylic acid groups (broad SMARTS) is 1.